The Morgan fingerprint density at radius 3 is 1.81 bits per heavy atom. The third-order valence-electron chi connectivity index (χ3n) is 14.6. The van der Waals surface area contributed by atoms with Crippen LogP contribution in [0.5, 0.6) is 23.0 Å². The highest BCUT2D eigenvalue weighted by atomic mass is 16.5. The summed E-state index contributed by atoms with van der Waals surface area (Å²) in [5.74, 6) is -0.562. The van der Waals surface area contributed by atoms with Gasteiger partial charge in [-0.05, 0) is 109 Å². The number of nitrogens with two attached hydrogens (primary N) is 1. The van der Waals surface area contributed by atoms with Crippen LogP contribution in [0.3, 0.4) is 0 Å². The zero-order valence-corrected chi connectivity index (χ0v) is 45.5. The van der Waals surface area contributed by atoms with Crippen molar-refractivity contribution in [1.29, 1.82) is 0 Å². The van der Waals surface area contributed by atoms with Gasteiger partial charge in [-0.15, -0.1) is 0 Å². The maximum atomic E-state index is 14.2. The molecular formula is C60H65N9O12. The first-order chi connectivity index (χ1) is 39.2. The molecule has 7 amide bonds. The molecule has 5 aromatic rings. The molecule has 21 heteroatoms. The Kier molecular flexibility index (Phi) is 17.9. The number of amides is 7. The second-order valence-electron chi connectivity index (χ2n) is 20.5. The van der Waals surface area contributed by atoms with Crippen LogP contribution in [0.15, 0.2) is 101 Å². The minimum Gasteiger partial charge on any atom is -0.493 e. The van der Waals surface area contributed by atoms with Crippen LogP contribution in [0, 0.1) is 5.92 Å². The smallest absolute Gasteiger partial charge is 0.411 e. The molecule has 5 aromatic carbocycles. The molecule has 0 fully saturated rings. The molecule has 0 radical (unpaired) electrons. The molecule has 0 aromatic heterocycles. The molecule has 4 atom stereocenters. The van der Waals surface area contributed by atoms with E-state index in [1.165, 1.54) is 12.7 Å². The van der Waals surface area contributed by atoms with Crippen LogP contribution in [0.1, 0.15) is 94.5 Å². The van der Waals surface area contributed by atoms with Gasteiger partial charge in [0.15, 0.2) is 23.0 Å². The Morgan fingerprint density at radius 1 is 0.679 bits per heavy atom. The molecule has 0 bridgehead atoms. The van der Waals surface area contributed by atoms with E-state index in [0.29, 0.717) is 108 Å². The van der Waals surface area contributed by atoms with Crippen LogP contribution < -0.4 is 45.9 Å². The van der Waals surface area contributed by atoms with Gasteiger partial charge in [0.25, 0.3) is 11.8 Å². The number of unbranched alkanes of at least 4 members (excludes halogenated alkanes) is 2. The largest absolute Gasteiger partial charge is 0.493 e. The van der Waals surface area contributed by atoms with E-state index >= 15 is 0 Å². The average Bonchev–Trinajstić information content (AvgIpc) is 3.99. The SMILES string of the molecule is COc1cc2c(cc1OCCCCCOc1cc3c(cc1OC)C(=O)N1Cc4cc(NC(=O)OCc5ccc(NC(=O)[C@H](CCC(N)=O)NC(=O)[C@@H](NC=O)C(C)C)cc5)ccc4C[C@H]1C=N3)N=C[C@@H]1Cc3ccccc3CN1C2=O. The van der Waals surface area contributed by atoms with Crippen LogP contribution in [0.4, 0.5) is 27.5 Å². The highest BCUT2D eigenvalue weighted by Crippen LogP contribution is 2.41. The topological polar surface area (TPSA) is 271 Å². The Hall–Kier alpha value is -9.27. The fraction of sp³-hybridized carbons (Fsp3) is 0.350. The highest BCUT2D eigenvalue weighted by molar-refractivity contribution is 6.05. The minimum absolute atomic E-state index is 0.0596. The van der Waals surface area contributed by atoms with Crippen LogP contribution in [-0.2, 0) is 56.5 Å². The number of nitrogens with one attached hydrogen (secondary N) is 4. The van der Waals surface area contributed by atoms with Crippen LogP contribution in [0.2, 0.25) is 0 Å². The number of nitrogens with zero attached hydrogens (tertiary/aromatic N) is 4. The van der Waals surface area contributed by atoms with Gasteiger partial charge < -0.3 is 55.2 Å². The third-order valence-corrected chi connectivity index (χ3v) is 14.6. The first-order valence-corrected chi connectivity index (χ1v) is 26.9. The summed E-state index contributed by atoms with van der Waals surface area (Å²) in [4.78, 5) is 103. The van der Waals surface area contributed by atoms with Crippen molar-refractivity contribution in [2.24, 2.45) is 21.6 Å². The molecule has 6 N–H and O–H groups in total. The van der Waals surface area contributed by atoms with Crippen molar-refractivity contribution in [3.05, 3.63) is 130 Å². The summed E-state index contributed by atoms with van der Waals surface area (Å²) in [5, 5.41) is 10.5. The third kappa shape index (κ3) is 13.4. The molecule has 21 nitrogen and oxygen atoms in total. The Labute approximate surface area is 468 Å². The Balaban J connectivity index is 0.736. The first kappa shape index (κ1) is 56.5. The molecule has 0 spiro atoms. The molecule has 81 heavy (non-hydrogen) atoms. The maximum Gasteiger partial charge on any atom is 0.411 e. The number of ether oxygens (including phenoxy) is 5. The number of aliphatic imine (C=N–C) groups is 2. The van der Waals surface area contributed by atoms with Crippen molar-refractivity contribution in [3.8, 4) is 23.0 Å². The minimum atomic E-state index is -1.12. The number of carbonyl (C=O) groups is 7. The lowest BCUT2D eigenvalue weighted by Gasteiger charge is -2.34. The van der Waals surface area contributed by atoms with Gasteiger partial charge >= 0.3 is 6.09 Å². The van der Waals surface area contributed by atoms with Gasteiger partial charge in [0.1, 0.15) is 18.7 Å². The van der Waals surface area contributed by atoms with Crippen molar-refractivity contribution >= 4 is 77.2 Å². The zero-order valence-electron chi connectivity index (χ0n) is 45.5. The number of anilines is 2. The van der Waals surface area contributed by atoms with Gasteiger partial charge in [-0.3, -0.25) is 44.1 Å². The van der Waals surface area contributed by atoms with Crippen LogP contribution in [-0.4, -0.2) is 116 Å². The summed E-state index contributed by atoms with van der Waals surface area (Å²) in [6.07, 6.45) is 6.55. The van der Waals surface area contributed by atoms with Gasteiger partial charge in [-0.25, -0.2) is 4.79 Å². The summed E-state index contributed by atoms with van der Waals surface area (Å²) in [7, 11) is 3.08. The van der Waals surface area contributed by atoms with E-state index in [1.54, 1.807) is 86.7 Å². The standard InChI is InChI=1S/C60H65N9O12/c1-35(2)55(64-34-70)57(73)67-47(18-19-54(61)71)56(72)65-41-15-12-36(13-16-41)33-81-60(76)66-42-17-14-38-24-44-30-63-49-28-53(51(78-4)26-46(49)59(75)69(44)32-40(38)22-42)80-21-9-5-8-20-79-52-27-48-45(25-50(52)77-3)58(74)68-31-39-11-7-6-10-37(39)23-43(68)29-62-48/h6-7,10-17,22,25-30,34-35,43-44,47,55H,5,8-9,18-21,23-24,31-33H2,1-4H3,(H2,61,71)(H,64,70)(H,65,72)(H,66,76)(H,67,73)/t43-,44-,47-,55-/m0/s1. The van der Waals surface area contributed by atoms with E-state index in [2.05, 4.69) is 33.4 Å². The molecule has 4 aliphatic rings. The van der Waals surface area contributed by atoms with E-state index < -0.39 is 35.9 Å². The van der Waals surface area contributed by atoms with E-state index in [9.17, 15) is 33.6 Å². The molecular weight excluding hydrogens is 1040 g/mol. The van der Waals surface area contributed by atoms with Gasteiger partial charge in [-0.1, -0.05) is 56.3 Å². The van der Waals surface area contributed by atoms with Crippen LogP contribution >= 0.6 is 0 Å². The molecule has 0 saturated heterocycles. The molecule has 0 saturated carbocycles. The molecule has 4 heterocycles. The number of primary amides is 1. The summed E-state index contributed by atoms with van der Waals surface area (Å²) < 4.78 is 29.3. The number of hydrogen-bond acceptors (Lipinski definition) is 14. The number of benzene rings is 5. The number of methoxy groups -OCH3 is 2. The lowest BCUT2D eigenvalue weighted by Crippen LogP contribution is -2.53. The second-order valence-corrected chi connectivity index (χ2v) is 20.5. The van der Waals surface area contributed by atoms with Crippen molar-refractivity contribution in [2.45, 2.75) is 103 Å². The molecule has 4 aliphatic heterocycles. The van der Waals surface area contributed by atoms with Crippen molar-refractivity contribution in [2.75, 3.05) is 38.1 Å². The monoisotopic (exact) mass is 1100 g/mol. The first-order valence-electron chi connectivity index (χ1n) is 26.9. The summed E-state index contributed by atoms with van der Waals surface area (Å²) in [6.45, 7) is 4.95. The van der Waals surface area contributed by atoms with Gasteiger partial charge in [0.05, 0.1) is 62.0 Å². The van der Waals surface area contributed by atoms with E-state index in [1.807, 2.05) is 35.4 Å². The lowest BCUT2D eigenvalue weighted by atomic mass is 9.93. The number of hydrogen-bond donors (Lipinski definition) is 5. The number of carbonyl (C=O) groups excluding carboxylic acids is 7. The quantitative estimate of drug-likeness (QED) is 0.0324. The number of fused-ring (bicyclic) bond motifs is 6. The van der Waals surface area contributed by atoms with Crippen molar-refractivity contribution in [1.82, 2.24) is 20.4 Å². The van der Waals surface area contributed by atoms with Gasteiger partial charge in [0.2, 0.25) is 24.1 Å². The fourth-order valence-corrected chi connectivity index (χ4v) is 10.2. The number of rotatable bonds is 23. The predicted octanol–water partition coefficient (Wildman–Crippen LogP) is 7.11. The van der Waals surface area contributed by atoms with E-state index in [-0.39, 0.29) is 55.8 Å². The highest BCUT2D eigenvalue weighted by Gasteiger charge is 2.36. The Bertz CT molecular complexity index is 3270. The van der Waals surface area contributed by atoms with E-state index in [0.717, 1.165) is 29.5 Å². The Morgan fingerprint density at radius 2 is 1.25 bits per heavy atom. The molecule has 0 unspecified atom stereocenters. The summed E-state index contributed by atoms with van der Waals surface area (Å²) >= 11 is 0. The molecule has 9 rings (SSSR count). The molecule has 422 valence electrons. The van der Waals surface area contributed by atoms with Crippen LogP contribution in [0.25, 0.3) is 0 Å². The van der Waals surface area contributed by atoms with Crippen molar-refractivity contribution in [3.63, 3.8) is 0 Å². The van der Waals surface area contributed by atoms with Crippen molar-refractivity contribution < 1.29 is 57.2 Å². The predicted molar refractivity (Wildman–Crippen MR) is 302 cm³/mol. The van der Waals surface area contributed by atoms with Gasteiger partial charge in [0, 0.05) is 55.4 Å². The van der Waals surface area contributed by atoms with Gasteiger partial charge in [-0.2, -0.15) is 0 Å². The summed E-state index contributed by atoms with van der Waals surface area (Å²) in [5.41, 5.74) is 12.9. The lowest BCUT2D eigenvalue weighted by molar-refractivity contribution is -0.130. The second kappa shape index (κ2) is 25.7. The maximum absolute atomic E-state index is 14.2. The zero-order chi connectivity index (χ0) is 57.2. The van der Waals surface area contributed by atoms with E-state index in [4.69, 9.17) is 39.4 Å². The normalized spacial score (nSPS) is 16.3. The molecule has 0 aliphatic carbocycles. The summed E-state index contributed by atoms with van der Waals surface area (Å²) in [6, 6.07) is 24.6. The fourth-order valence-electron chi connectivity index (χ4n) is 10.2. The average molecular weight is 1100 g/mol.